The summed E-state index contributed by atoms with van der Waals surface area (Å²) in [6.45, 7) is 6.22. The van der Waals surface area contributed by atoms with Crippen LogP contribution >= 0.6 is 0 Å². The van der Waals surface area contributed by atoms with Gasteiger partial charge in [-0.15, -0.1) is 0 Å². The van der Waals surface area contributed by atoms with Crippen LogP contribution in [0.15, 0.2) is 16.7 Å². The smallest absolute Gasteiger partial charge is 0.122 e. The summed E-state index contributed by atoms with van der Waals surface area (Å²) in [6, 6.07) is 2.89. The van der Waals surface area contributed by atoms with Crippen LogP contribution in [0, 0.1) is 0 Å². The van der Waals surface area contributed by atoms with Gasteiger partial charge in [-0.1, -0.05) is 0 Å². The highest BCUT2D eigenvalue weighted by molar-refractivity contribution is 5.16. The van der Waals surface area contributed by atoms with Crippen molar-refractivity contribution in [2.75, 3.05) is 26.2 Å². The Morgan fingerprint density at radius 2 is 2.00 bits per heavy atom. The normalized spacial score (nSPS) is 23.1. The van der Waals surface area contributed by atoms with Crippen LogP contribution in [0.4, 0.5) is 0 Å². The van der Waals surface area contributed by atoms with E-state index in [-0.39, 0.29) is 0 Å². The van der Waals surface area contributed by atoms with Gasteiger partial charge in [0.2, 0.25) is 0 Å². The van der Waals surface area contributed by atoms with Crippen molar-refractivity contribution in [1.82, 2.24) is 9.80 Å². The molecule has 2 N–H and O–H groups in total. The van der Waals surface area contributed by atoms with E-state index < -0.39 is 0 Å². The van der Waals surface area contributed by atoms with Crippen molar-refractivity contribution < 1.29 is 4.42 Å². The number of piperazine rings is 1. The molecule has 0 atom stereocenters. The van der Waals surface area contributed by atoms with Gasteiger partial charge < -0.3 is 10.2 Å². The molecule has 2 aliphatic rings. The topological polar surface area (TPSA) is 45.6 Å². The van der Waals surface area contributed by atoms with E-state index in [4.69, 9.17) is 10.2 Å². The van der Waals surface area contributed by atoms with Crippen molar-refractivity contribution >= 4 is 0 Å². The summed E-state index contributed by atoms with van der Waals surface area (Å²) in [5.41, 5.74) is 6.83. The maximum Gasteiger partial charge on any atom is 0.122 e. The molecule has 4 heteroatoms. The number of hydrogen-bond donors (Lipinski definition) is 1. The Morgan fingerprint density at radius 1 is 1.24 bits per heavy atom. The fourth-order valence-electron chi connectivity index (χ4n) is 2.62. The second-order valence-corrected chi connectivity index (χ2v) is 5.12. The molecule has 1 saturated carbocycles. The van der Waals surface area contributed by atoms with Gasteiger partial charge in [0, 0.05) is 44.3 Å². The minimum Gasteiger partial charge on any atom is -0.468 e. The van der Waals surface area contributed by atoms with Crippen LogP contribution in [0.2, 0.25) is 0 Å². The number of nitrogens with two attached hydrogens (primary N) is 1. The van der Waals surface area contributed by atoms with Gasteiger partial charge in [0.1, 0.15) is 5.76 Å². The monoisotopic (exact) mass is 235 g/mol. The highest BCUT2D eigenvalue weighted by Crippen LogP contribution is 2.27. The largest absolute Gasteiger partial charge is 0.468 e. The van der Waals surface area contributed by atoms with Crippen LogP contribution in [-0.2, 0) is 13.1 Å². The lowest BCUT2D eigenvalue weighted by Crippen LogP contribution is -2.46. The van der Waals surface area contributed by atoms with Crippen LogP contribution in [-0.4, -0.2) is 42.0 Å². The zero-order valence-corrected chi connectivity index (χ0v) is 10.3. The fourth-order valence-corrected chi connectivity index (χ4v) is 2.62. The van der Waals surface area contributed by atoms with Gasteiger partial charge in [-0.05, 0) is 18.9 Å². The maximum absolute atomic E-state index is 5.68. The van der Waals surface area contributed by atoms with E-state index in [0.29, 0.717) is 6.54 Å². The molecule has 1 aromatic heterocycles. The number of hydrogen-bond acceptors (Lipinski definition) is 4. The molecule has 0 aromatic carbocycles. The third-order valence-electron chi connectivity index (χ3n) is 3.89. The van der Waals surface area contributed by atoms with E-state index in [9.17, 15) is 0 Å². The molecule has 0 amide bonds. The first kappa shape index (κ1) is 11.3. The highest BCUT2D eigenvalue weighted by Gasteiger charge is 2.31. The molecule has 1 aliphatic heterocycles. The van der Waals surface area contributed by atoms with Crippen molar-refractivity contribution in [2.24, 2.45) is 5.73 Å². The maximum atomic E-state index is 5.68. The fraction of sp³-hybridized carbons (Fsp3) is 0.692. The molecule has 2 fully saturated rings. The van der Waals surface area contributed by atoms with Crippen molar-refractivity contribution in [3.05, 3.63) is 23.7 Å². The molecule has 3 rings (SSSR count). The molecule has 1 aliphatic carbocycles. The minimum atomic E-state index is 0.577. The second-order valence-electron chi connectivity index (χ2n) is 5.12. The zero-order chi connectivity index (χ0) is 11.7. The predicted octanol–water partition coefficient (Wildman–Crippen LogP) is 1.02. The Balaban J connectivity index is 1.53. The van der Waals surface area contributed by atoms with E-state index in [2.05, 4.69) is 9.80 Å². The van der Waals surface area contributed by atoms with Gasteiger partial charge in [-0.3, -0.25) is 9.80 Å². The van der Waals surface area contributed by atoms with Gasteiger partial charge in [0.25, 0.3) is 0 Å². The van der Waals surface area contributed by atoms with Gasteiger partial charge in [0.15, 0.2) is 0 Å². The van der Waals surface area contributed by atoms with Crippen LogP contribution in [0.1, 0.15) is 24.2 Å². The molecule has 0 spiro atoms. The summed E-state index contributed by atoms with van der Waals surface area (Å²) >= 11 is 0. The Kier molecular flexibility index (Phi) is 3.18. The van der Waals surface area contributed by atoms with Crippen LogP contribution in [0.25, 0.3) is 0 Å². The van der Waals surface area contributed by atoms with E-state index >= 15 is 0 Å². The first-order valence-electron chi connectivity index (χ1n) is 6.58. The van der Waals surface area contributed by atoms with Gasteiger partial charge >= 0.3 is 0 Å². The van der Waals surface area contributed by atoms with E-state index in [0.717, 1.165) is 37.0 Å². The molecule has 4 nitrogen and oxygen atoms in total. The number of furan rings is 1. The predicted molar refractivity (Wildman–Crippen MR) is 66.5 cm³/mol. The third-order valence-corrected chi connectivity index (χ3v) is 3.89. The second kappa shape index (κ2) is 4.80. The number of nitrogens with zero attached hydrogens (tertiary/aromatic N) is 2. The molecule has 0 unspecified atom stereocenters. The molecule has 17 heavy (non-hydrogen) atoms. The molecule has 1 aromatic rings. The van der Waals surface area contributed by atoms with Crippen molar-refractivity contribution in [1.29, 1.82) is 0 Å². The lowest BCUT2D eigenvalue weighted by Gasteiger charge is -2.34. The van der Waals surface area contributed by atoms with E-state index in [1.165, 1.54) is 25.9 Å². The molecule has 0 bridgehead atoms. The Bertz CT molecular complexity index is 364. The molecule has 2 heterocycles. The molecular weight excluding hydrogens is 214 g/mol. The van der Waals surface area contributed by atoms with E-state index in [1.54, 1.807) is 6.26 Å². The average Bonchev–Trinajstić information content (AvgIpc) is 3.11. The van der Waals surface area contributed by atoms with E-state index in [1.807, 2.05) is 6.07 Å². The molecular formula is C13H21N3O. The minimum absolute atomic E-state index is 0.577. The standard InChI is InChI=1S/C13H21N3O/c14-9-11-3-8-17-13(11)10-15-4-6-16(7-5-15)12-1-2-12/h3,8,12H,1-2,4-7,9-10,14H2. The summed E-state index contributed by atoms with van der Waals surface area (Å²) in [5, 5.41) is 0. The molecule has 0 radical (unpaired) electrons. The lowest BCUT2D eigenvalue weighted by molar-refractivity contribution is 0.115. The molecule has 1 saturated heterocycles. The average molecular weight is 235 g/mol. The summed E-state index contributed by atoms with van der Waals surface area (Å²) in [5.74, 6) is 1.05. The highest BCUT2D eigenvalue weighted by atomic mass is 16.3. The van der Waals surface area contributed by atoms with Crippen LogP contribution in [0.3, 0.4) is 0 Å². The Morgan fingerprint density at radius 3 is 2.65 bits per heavy atom. The van der Waals surface area contributed by atoms with Gasteiger partial charge in [-0.25, -0.2) is 0 Å². The van der Waals surface area contributed by atoms with Gasteiger partial charge in [-0.2, -0.15) is 0 Å². The van der Waals surface area contributed by atoms with Crippen LogP contribution in [0.5, 0.6) is 0 Å². The molecule has 94 valence electrons. The zero-order valence-electron chi connectivity index (χ0n) is 10.3. The third kappa shape index (κ3) is 2.54. The summed E-state index contributed by atoms with van der Waals surface area (Å²) in [6.07, 6.45) is 4.57. The Hall–Kier alpha value is -0.840. The summed E-state index contributed by atoms with van der Waals surface area (Å²) < 4.78 is 5.51. The SMILES string of the molecule is NCc1ccoc1CN1CCN(C2CC2)CC1. The van der Waals surface area contributed by atoms with Gasteiger partial charge in [0.05, 0.1) is 12.8 Å². The van der Waals surface area contributed by atoms with Crippen molar-refractivity contribution in [3.63, 3.8) is 0 Å². The van der Waals surface area contributed by atoms with Crippen LogP contribution < -0.4 is 5.73 Å². The quantitative estimate of drug-likeness (QED) is 0.846. The number of rotatable bonds is 4. The van der Waals surface area contributed by atoms with Crippen molar-refractivity contribution in [3.8, 4) is 0 Å². The summed E-state index contributed by atoms with van der Waals surface area (Å²) in [7, 11) is 0. The first-order chi connectivity index (χ1) is 8.36. The lowest BCUT2D eigenvalue weighted by atomic mass is 10.2. The summed E-state index contributed by atoms with van der Waals surface area (Å²) in [4.78, 5) is 5.10. The van der Waals surface area contributed by atoms with Crippen molar-refractivity contribution in [2.45, 2.75) is 32.0 Å². The first-order valence-corrected chi connectivity index (χ1v) is 6.58. The Labute approximate surface area is 102 Å².